The Morgan fingerprint density at radius 3 is 2.41 bits per heavy atom. The fourth-order valence-electron chi connectivity index (χ4n) is 3.92. The molecule has 0 spiro atoms. The largest absolute Gasteiger partial charge is 0.455 e. The predicted octanol–water partition coefficient (Wildman–Crippen LogP) is 5.16. The van der Waals surface area contributed by atoms with Gasteiger partial charge in [-0.2, -0.15) is 0 Å². The summed E-state index contributed by atoms with van der Waals surface area (Å²) < 4.78 is 6.13. The Hall–Kier alpha value is -3.53. The molecular weight excluding hydrogens is 338 g/mol. The van der Waals surface area contributed by atoms with Gasteiger partial charge >= 0.3 is 0 Å². The van der Waals surface area contributed by atoms with Crippen LogP contribution in [0.25, 0.3) is 33.4 Å². The van der Waals surface area contributed by atoms with Crippen molar-refractivity contribution in [2.75, 3.05) is 0 Å². The van der Waals surface area contributed by atoms with Crippen molar-refractivity contribution in [3.63, 3.8) is 0 Å². The number of benzene rings is 2. The minimum Gasteiger partial charge on any atom is -0.455 e. The number of nitrogens with zero attached hydrogens (tertiary/aromatic N) is 1. The number of hydrogen-bond donors (Lipinski definition) is 0. The predicted molar refractivity (Wildman–Crippen MR) is 103 cm³/mol. The van der Waals surface area contributed by atoms with Gasteiger partial charge in [0.05, 0.1) is 5.56 Å². The second kappa shape index (κ2) is 5.48. The first-order valence-electron chi connectivity index (χ1n) is 8.73. The highest BCUT2D eigenvalue weighted by molar-refractivity contribution is 6.54. The Bertz CT molecular complexity index is 1270. The summed E-state index contributed by atoms with van der Waals surface area (Å²) in [6, 6.07) is 13.3. The smallest absolute Gasteiger partial charge is 0.237 e. The number of hydrogen-bond acceptors (Lipinski definition) is 4. The van der Waals surface area contributed by atoms with E-state index in [0.29, 0.717) is 33.8 Å². The van der Waals surface area contributed by atoms with Crippen LogP contribution in [0, 0.1) is 13.8 Å². The number of pyridine rings is 1. The third-order valence-electron chi connectivity index (χ3n) is 5.25. The molecule has 2 aromatic carbocycles. The highest BCUT2D eigenvalue weighted by Crippen LogP contribution is 2.43. The van der Waals surface area contributed by atoms with Crippen molar-refractivity contribution in [2.45, 2.75) is 13.8 Å². The molecular formula is C23H15NO3. The molecule has 0 radical (unpaired) electrons. The van der Waals surface area contributed by atoms with Gasteiger partial charge in [-0.05, 0) is 48.4 Å². The fourth-order valence-corrected chi connectivity index (χ4v) is 3.92. The summed E-state index contributed by atoms with van der Waals surface area (Å²) in [5.74, 6) is 0.0547. The molecule has 0 N–H and O–H groups in total. The number of ketones is 2. The van der Waals surface area contributed by atoms with Crippen molar-refractivity contribution in [1.29, 1.82) is 0 Å². The molecule has 4 nitrogen and oxygen atoms in total. The molecule has 4 aromatic rings. The minimum atomic E-state index is -0.511. The first-order valence-corrected chi connectivity index (χ1v) is 8.73. The minimum absolute atomic E-state index is 0.360. The number of carbonyl (C=O) groups is 2. The van der Waals surface area contributed by atoms with Gasteiger partial charge < -0.3 is 4.42 Å². The molecule has 4 heteroatoms. The van der Waals surface area contributed by atoms with Crippen LogP contribution in [0.2, 0.25) is 0 Å². The number of Topliss-reactive ketones (excluding diaryl/α,β-unsaturated/α-hetero) is 2. The molecule has 130 valence electrons. The van der Waals surface area contributed by atoms with Crippen molar-refractivity contribution >= 4 is 22.3 Å². The van der Waals surface area contributed by atoms with Gasteiger partial charge in [-0.3, -0.25) is 14.6 Å². The van der Waals surface area contributed by atoms with Crippen molar-refractivity contribution in [3.8, 4) is 22.6 Å². The Balaban J connectivity index is 1.86. The second-order valence-corrected chi connectivity index (χ2v) is 6.82. The summed E-state index contributed by atoms with van der Waals surface area (Å²) in [6.07, 6.45) is 3.37. The highest BCUT2D eigenvalue weighted by atomic mass is 16.3. The average Bonchev–Trinajstić information content (AvgIpc) is 3.04. The van der Waals surface area contributed by atoms with Crippen LogP contribution in [0.5, 0.6) is 0 Å². The lowest BCUT2D eigenvalue weighted by atomic mass is 9.83. The Morgan fingerprint density at radius 1 is 0.815 bits per heavy atom. The van der Waals surface area contributed by atoms with Crippen LogP contribution in [0.4, 0.5) is 0 Å². The van der Waals surface area contributed by atoms with Gasteiger partial charge in [0.2, 0.25) is 11.6 Å². The zero-order valence-electron chi connectivity index (χ0n) is 14.9. The summed E-state index contributed by atoms with van der Waals surface area (Å²) in [4.78, 5) is 30.1. The van der Waals surface area contributed by atoms with E-state index in [1.54, 1.807) is 12.4 Å². The van der Waals surface area contributed by atoms with E-state index < -0.39 is 11.6 Å². The van der Waals surface area contributed by atoms with Gasteiger partial charge in [-0.25, -0.2) is 0 Å². The lowest BCUT2D eigenvalue weighted by Crippen LogP contribution is -2.21. The summed E-state index contributed by atoms with van der Waals surface area (Å²) in [5, 5.41) is 1.75. The first kappa shape index (κ1) is 15.7. The first-order chi connectivity index (χ1) is 13.1. The molecule has 5 rings (SSSR count). The molecule has 0 saturated carbocycles. The maximum atomic E-state index is 13.0. The normalized spacial score (nSPS) is 13.0. The van der Waals surface area contributed by atoms with Gasteiger partial charge in [0.15, 0.2) is 0 Å². The zero-order chi connectivity index (χ0) is 18.7. The topological polar surface area (TPSA) is 60.2 Å². The molecule has 2 aromatic heterocycles. The van der Waals surface area contributed by atoms with Gasteiger partial charge in [-0.1, -0.05) is 24.3 Å². The van der Waals surface area contributed by atoms with Gasteiger partial charge in [-0.15, -0.1) is 0 Å². The summed E-state index contributed by atoms with van der Waals surface area (Å²) >= 11 is 0. The van der Waals surface area contributed by atoms with E-state index in [0.717, 1.165) is 21.9 Å². The number of carbonyl (C=O) groups excluding carboxylic acids is 2. The van der Waals surface area contributed by atoms with Crippen LogP contribution >= 0.6 is 0 Å². The molecule has 0 atom stereocenters. The summed E-state index contributed by atoms with van der Waals surface area (Å²) in [5.41, 5.74) is 3.98. The zero-order valence-corrected chi connectivity index (χ0v) is 14.9. The van der Waals surface area contributed by atoms with E-state index in [-0.39, 0.29) is 0 Å². The molecule has 0 unspecified atom stereocenters. The van der Waals surface area contributed by atoms with Crippen molar-refractivity contribution < 1.29 is 14.0 Å². The van der Waals surface area contributed by atoms with Crippen LogP contribution in [-0.2, 0) is 0 Å². The number of furan rings is 1. The van der Waals surface area contributed by atoms with Gasteiger partial charge in [0.25, 0.3) is 0 Å². The standard InChI is InChI=1S/C23H15NO3/c1-12-5-3-7-16-15(12)8-9-17-19(16)21(26)20(25)18-13(2)22(27-23(17)18)14-6-4-10-24-11-14/h3-11H,1-2H3. The van der Waals surface area contributed by atoms with Crippen molar-refractivity contribution in [2.24, 2.45) is 0 Å². The average molecular weight is 353 g/mol. The number of fused-ring (bicyclic) bond motifs is 5. The fraction of sp³-hybridized carbons (Fsp3) is 0.0870. The molecule has 1 aliphatic rings. The molecule has 2 heterocycles. The molecule has 1 aliphatic carbocycles. The SMILES string of the molecule is Cc1c(-c2cccnc2)oc2c1C(=O)C(=O)c1c-2ccc2c(C)cccc12. The Morgan fingerprint density at radius 2 is 1.63 bits per heavy atom. The van der Waals surface area contributed by atoms with E-state index in [2.05, 4.69) is 4.98 Å². The van der Waals surface area contributed by atoms with E-state index >= 15 is 0 Å². The van der Waals surface area contributed by atoms with Crippen LogP contribution in [-0.4, -0.2) is 16.6 Å². The molecule has 0 bridgehead atoms. The molecule has 0 amide bonds. The third-order valence-corrected chi connectivity index (χ3v) is 5.25. The maximum Gasteiger partial charge on any atom is 0.237 e. The second-order valence-electron chi connectivity index (χ2n) is 6.82. The Kier molecular flexibility index (Phi) is 3.19. The number of aromatic nitrogens is 1. The number of rotatable bonds is 1. The Labute approximate surface area is 155 Å². The molecule has 0 saturated heterocycles. The maximum absolute atomic E-state index is 13.0. The lowest BCUT2D eigenvalue weighted by Gasteiger charge is -2.16. The van der Waals surface area contributed by atoms with Crippen molar-refractivity contribution in [1.82, 2.24) is 4.98 Å². The highest BCUT2D eigenvalue weighted by Gasteiger charge is 2.37. The van der Waals surface area contributed by atoms with Crippen LogP contribution in [0.15, 0.2) is 59.3 Å². The molecule has 0 fully saturated rings. The van der Waals surface area contributed by atoms with E-state index in [1.807, 2.05) is 56.3 Å². The lowest BCUT2D eigenvalue weighted by molar-refractivity contribution is 0.0815. The van der Waals surface area contributed by atoms with E-state index in [1.165, 1.54) is 0 Å². The summed E-state index contributed by atoms with van der Waals surface area (Å²) in [6.45, 7) is 3.80. The van der Waals surface area contributed by atoms with Gasteiger partial charge in [0, 0.05) is 34.6 Å². The van der Waals surface area contributed by atoms with Crippen LogP contribution in [0.1, 0.15) is 31.8 Å². The van der Waals surface area contributed by atoms with E-state index in [9.17, 15) is 9.59 Å². The summed E-state index contributed by atoms with van der Waals surface area (Å²) in [7, 11) is 0. The van der Waals surface area contributed by atoms with Crippen LogP contribution < -0.4 is 0 Å². The monoisotopic (exact) mass is 353 g/mol. The quantitative estimate of drug-likeness (QED) is 0.444. The third kappa shape index (κ3) is 2.07. The van der Waals surface area contributed by atoms with Crippen LogP contribution in [0.3, 0.4) is 0 Å². The number of aryl methyl sites for hydroxylation is 1. The van der Waals surface area contributed by atoms with E-state index in [4.69, 9.17) is 4.42 Å². The van der Waals surface area contributed by atoms with Crippen molar-refractivity contribution in [3.05, 3.63) is 77.1 Å². The molecule has 27 heavy (non-hydrogen) atoms. The molecule has 0 aliphatic heterocycles. The van der Waals surface area contributed by atoms with Gasteiger partial charge in [0.1, 0.15) is 11.5 Å².